The number of nitrogens with one attached hydrogen (secondary N) is 1. The number of carbonyl (C=O) groups excluding carboxylic acids is 1. The SMILES string of the molecule is CC1=C(c2nc(-c3cccc(Cl)c3)no2)C(c2ccccc2)NC(=O)N1Cc1ccccc1C. The van der Waals surface area contributed by atoms with Gasteiger partial charge in [0, 0.05) is 16.3 Å². The number of aryl methyl sites for hydroxylation is 1. The quantitative estimate of drug-likeness (QED) is 0.366. The lowest BCUT2D eigenvalue weighted by molar-refractivity contribution is 0.203. The van der Waals surface area contributed by atoms with E-state index in [4.69, 9.17) is 16.1 Å². The van der Waals surface area contributed by atoms with Crippen LogP contribution in [0.1, 0.15) is 35.5 Å². The second-order valence-electron chi connectivity index (χ2n) is 8.24. The van der Waals surface area contributed by atoms with Crippen molar-refractivity contribution in [2.75, 3.05) is 0 Å². The van der Waals surface area contributed by atoms with Crippen molar-refractivity contribution in [3.8, 4) is 11.4 Å². The van der Waals surface area contributed by atoms with E-state index in [9.17, 15) is 4.79 Å². The van der Waals surface area contributed by atoms with Crippen LogP contribution in [-0.4, -0.2) is 21.1 Å². The predicted octanol–water partition coefficient (Wildman–Crippen LogP) is 6.40. The number of benzene rings is 3. The van der Waals surface area contributed by atoms with Gasteiger partial charge in [0.1, 0.15) is 0 Å². The molecule has 0 aliphatic carbocycles. The molecule has 0 saturated carbocycles. The van der Waals surface area contributed by atoms with Gasteiger partial charge in [-0.2, -0.15) is 4.98 Å². The summed E-state index contributed by atoms with van der Waals surface area (Å²) in [6.45, 7) is 4.40. The molecule has 34 heavy (non-hydrogen) atoms. The summed E-state index contributed by atoms with van der Waals surface area (Å²) in [6, 6.07) is 24.5. The van der Waals surface area contributed by atoms with Crippen LogP contribution in [0.4, 0.5) is 4.79 Å². The van der Waals surface area contributed by atoms with Crippen molar-refractivity contribution < 1.29 is 9.32 Å². The summed E-state index contributed by atoms with van der Waals surface area (Å²) in [5.74, 6) is 0.795. The zero-order valence-electron chi connectivity index (χ0n) is 18.8. The molecule has 1 aromatic heterocycles. The van der Waals surface area contributed by atoms with E-state index in [1.807, 2.05) is 80.6 Å². The predicted molar refractivity (Wildman–Crippen MR) is 132 cm³/mol. The van der Waals surface area contributed by atoms with E-state index in [0.29, 0.717) is 23.3 Å². The Hall–Kier alpha value is -3.90. The summed E-state index contributed by atoms with van der Waals surface area (Å²) in [6.07, 6.45) is 0. The van der Waals surface area contributed by atoms with Gasteiger partial charge in [0.05, 0.1) is 18.2 Å². The first-order valence-electron chi connectivity index (χ1n) is 11.0. The van der Waals surface area contributed by atoms with E-state index in [1.54, 1.807) is 17.0 Å². The number of allylic oxidation sites excluding steroid dienone is 1. The summed E-state index contributed by atoms with van der Waals surface area (Å²) < 4.78 is 5.74. The summed E-state index contributed by atoms with van der Waals surface area (Å²) in [5.41, 5.74) is 5.41. The van der Waals surface area contributed by atoms with Crippen LogP contribution < -0.4 is 5.32 Å². The van der Waals surface area contributed by atoms with Gasteiger partial charge >= 0.3 is 6.03 Å². The number of amides is 2. The topological polar surface area (TPSA) is 71.3 Å². The average Bonchev–Trinajstić information content (AvgIpc) is 3.33. The maximum absolute atomic E-state index is 13.2. The van der Waals surface area contributed by atoms with E-state index in [-0.39, 0.29) is 6.03 Å². The average molecular weight is 471 g/mol. The molecule has 0 spiro atoms. The second-order valence-corrected chi connectivity index (χ2v) is 8.67. The van der Waals surface area contributed by atoms with Gasteiger partial charge < -0.3 is 9.84 Å². The number of rotatable bonds is 5. The van der Waals surface area contributed by atoms with Crippen LogP contribution in [0.15, 0.2) is 89.1 Å². The fourth-order valence-electron chi connectivity index (χ4n) is 4.18. The molecule has 0 saturated heterocycles. The molecule has 1 N–H and O–H groups in total. The number of urea groups is 1. The van der Waals surface area contributed by atoms with Crippen molar-refractivity contribution in [3.63, 3.8) is 0 Å². The molecule has 6 nitrogen and oxygen atoms in total. The Morgan fingerprint density at radius 3 is 2.53 bits per heavy atom. The largest absolute Gasteiger partial charge is 0.334 e. The molecule has 2 heterocycles. The van der Waals surface area contributed by atoms with Crippen molar-refractivity contribution in [1.29, 1.82) is 0 Å². The van der Waals surface area contributed by atoms with Gasteiger partial charge in [0.25, 0.3) is 5.89 Å². The molecular formula is C27H23ClN4O2. The number of nitrogens with zero attached hydrogens (tertiary/aromatic N) is 3. The number of halogens is 1. The Balaban J connectivity index is 1.61. The highest BCUT2D eigenvalue weighted by atomic mass is 35.5. The summed E-state index contributed by atoms with van der Waals surface area (Å²) in [4.78, 5) is 19.7. The van der Waals surface area contributed by atoms with Gasteiger partial charge in [0.15, 0.2) is 0 Å². The van der Waals surface area contributed by atoms with Crippen molar-refractivity contribution in [2.24, 2.45) is 0 Å². The van der Waals surface area contributed by atoms with Crippen LogP contribution in [0, 0.1) is 6.92 Å². The molecular weight excluding hydrogens is 448 g/mol. The number of aromatic nitrogens is 2. The van der Waals surface area contributed by atoms with E-state index in [2.05, 4.69) is 15.5 Å². The Morgan fingerprint density at radius 2 is 1.76 bits per heavy atom. The first-order chi connectivity index (χ1) is 16.5. The van der Waals surface area contributed by atoms with Gasteiger partial charge in [0.2, 0.25) is 5.82 Å². The Labute approximate surface area is 202 Å². The first kappa shape index (κ1) is 21.9. The van der Waals surface area contributed by atoms with Crippen molar-refractivity contribution >= 4 is 23.2 Å². The molecule has 5 rings (SSSR count). The van der Waals surface area contributed by atoms with E-state index >= 15 is 0 Å². The maximum atomic E-state index is 13.2. The summed E-state index contributed by atoms with van der Waals surface area (Å²) in [7, 11) is 0. The number of hydrogen-bond donors (Lipinski definition) is 1. The first-order valence-corrected chi connectivity index (χ1v) is 11.4. The van der Waals surface area contributed by atoms with Crippen LogP contribution in [0.25, 0.3) is 17.0 Å². The molecule has 1 unspecified atom stereocenters. The van der Waals surface area contributed by atoms with Crippen LogP contribution in [0.3, 0.4) is 0 Å². The van der Waals surface area contributed by atoms with Gasteiger partial charge in [-0.25, -0.2) is 4.79 Å². The van der Waals surface area contributed by atoms with Gasteiger partial charge in [-0.05, 0) is 42.7 Å². The lowest BCUT2D eigenvalue weighted by atomic mass is 9.94. The fraction of sp³-hybridized carbons (Fsp3) is 0.148. The van der Waals surface area contributed by atoms with Gasteiger partial charge in [-0.3, -0.25) is 4.90 Å². The third-order valence-corrected chi connectivity index (χ3v) is 6.29. The Morgan fingerprint density at radius 1 is 1.00 bits per heavy atom. The van der Waals surface area contributed by atoms with Crippen molar-refractivity contribution in [2.45, 2.75) is 26.4 Å². The lowest BCUT2D eigenvalue weighted by Crippen LogP contribution is -2.45. The third-order valence-electron chi connectivity index (χ3n) is 6.06. The van der Waals surface area contributed by atoms with Gasteiger partial charge in [-0.15, -0.1) is 0 Å². The molecule has 0 radical (unpaired) electrons. The van der Waals surface area contributed by atoms with E-state index in [0.717, 1.165) is 33.5 Å². The van der Waals surface area contributed by atoms with Crippen LogP contribution in [-0.2, 0) is 6.54 Å². The second kappa shape index (κ2) is 9.15. The van der Waals surface area contributed by atoms with E-state index < -0.39 is 6.04 Å². The molecule has 0 bridgehead atoms. The third kappa shape index (κ3) is 4.20. The molecule has 0 fully saturated rings. The summed E-state index contributed by atoms with van der Waals surface area (Å²) >= 11 is 6.15. The van der Waals surface area contributed by atoms with Crippen LogP contribution in [0.5, 0.6) is 0 Å². The minimum Gasteiger partial charge on any atom is -0.334 e. The Kier molecular flexibility index (Phi) is 5.90. The standard InChI is InChI=1S/C27H23ClN4O2/c1-17-9-6-7-12-21(17)16-32-18(2)23(24(29-27(32)33)19-10-4-3-5-11-19)26-30-25(31-34-26)20-13-8-14-22(28)15-20/h3-15,24H,16H2,1-2H3,(H,29,33). The van der Waals surface area contributed by atoms with Crippen LogP contribution in [0.2, 0.25) is 5.02 Å². The monoisotopic (exact) mass is 470 g/mol. The number of carbonyl (C=O) groups is 1. The zero-order chi connectivity index (χ0) is 23.7. The van der Waals surface area contributed by atoms with Crippen LogP contribution >= 0.6 is 11.6 Å². The molecule has 1 aliphatic rings. The maximum Gasteiger partial charge on any atom is 0.322 e. The highest BCUT2D eigenvalue weighted by molar-refractivity contribution is 6.30. The molecule has 2 amide bonds. The highest BCUT2D eigenvalue weighted by Gasteiger charge is 2.35. The van der Waals surface area contributed by atoms with Crippen molar-refractivity contribution in [1.82, 2.24) is 20.4 Å². The lowest BCUT2D eigenvalue weighted by Gasteiger charge is -2.35. The van der Waals surface area contributed by atoms with Gasteiger partial charge in [-0.1, -0.05) is 83.5 Å². The smallest absolute Gasteiger partial charge is 0.322 e. The molecule has 7 heteroatoms. The molecule has 1 atom stereocenters. The molecule has 1 aliphatic heterocycles. The summed E-state index contributed by atoms with van der Waals surface area (Å²) in [5, 5.41) is 7.93. The Bertz CT molecular complexity index is 1380. The normalized spacial score (nSPS) is 16.0. The number of hydrogen-bond acceptors (Lipinski definition) is 4. The molecule has 170 valence electrons. The minimum absolute atomic E-state index is 0.173. The van der Waals surface area contributed by atoms with Crippen molar-refractivity contribution in [3.05, 3.63) is 112 Å². The fourth-order valence-corrected chi connectivity index (χ4v) is 4.37. The highest BCUT2D eigenvalue weighted by Crippen LogP contribution is 2.38. The minimum atomic E-state index is -0.422. The molecule has 4 aromatic rings. The molecule has 3 aromatic carbocycles. The van der Waals surface area contributed by atoms with E-state index in [1.165, 1.54) is 0 Å². The zero-order valence-corrected chi connectivity index (χ0v) is 19.6.